The van der Waals surface area contributed by atoms with E-state index < -0.39 is 0 Å². The predicted molar refractivity (Wildman–Crippen MR) is 34.6 cm³/mol. The summed E-state index contributed by atoms with van der Waals surface area (Å²) in [6.07, 6.45) is 0. The molecule has 0 rings (SSSR count). The van der Waals surface area contributed by atoms with Crippen LogP contribution in [0.3, 0.4) is 0 Å². The normalized spacial score (nSPS) is 14.1. The highest BCUT2D eigenvalue weighted by Gasteiger charge is 1.89. The highest BCUT2D eigenvalue weighted by molar-refractivity contribution is 7.80. The standard InChI is InChI=1S/C5H11OS/c1-3-6-4-5(2)7/h5,7H,1,3-4H2,2H3. The van der Waals surface area contributed by atoms with Gasteiger partial charge in [0.2, 0.25) is 0 Å². The Morgan fingerprint density at radius 3 is 2.57 bits per heavy atom. The molecule has 0 spiro atoms. The molecule has 0 saturated heterocycles. The van der Waals surface area contributed by atoms with E-state index in [-0.39, 0.29) is 0 Å². The maximum Gasteiger partial charge on any atom is 0.0579 e. The van der Waals surface area contributed by atoms with Gasteiger partial charge < -0.3 is 4.74 Å². The number of ether oxygens (including phenoxy) is 1. The number of thiol groups is 1. The molecule has 0 aliphatic rings. The second-order valence-corrected chi connectivity index (χ2v) is 2.31. The van der Waals surface area contributed by atoms with Crippen LogP contribution < -0.4 is 0 Å². The van der Waals surface area contributed by atoms with E-state index in [1.54, 1.807) is 0 Å². The first-order chi connectivity index (χ1) is 3.27. The summed E-state index contributed by atoms with van der Waals surface area (Å²) in [7, 11) is 0. The lowest BCUT2D eigenvalue weighted by Crippen LogP contribution is -2.03. The van der Waals surface area contributed by atoms with Crippen LogP contribution in [0, 0.1) is 6.92 Å². The zero-order valence-electron chi connectivity index (χ0n) is 4.55. The van der Waals surface area contributed by atoms with Gasteiger partial charge in [-0.05, 0) is 6.92 Å². The number of hydrogen-bond acceptors (Lipinski definition) is 2. The monoisotopic (exact) mass is 119 g/mol. The van der Waals surface area contributed by atoms with Crippen molar-refractivity contribution in [1.82, 2.24) is 0 Å². The fraction of sp³-hybridized carbons (Fsp3) is 0.800. The Hall–Kier alpha value is 0.310. The minimum absolute atomic E-state index is 0.335. The maximum atomic E-state index is 4.91. The van der Waals surface area contributed by atoms with Gasteiger partial charge in [0.05, 0.1) is 6.61 Å². The molecule has 1 nitrogen and oxygen atoms in total. The van der Waals surface area contributed by atoms with Gasteiger partial charge in [0.1, 0.15) is 0 Å². The Bertz CT molecular complexity index is 37.1. The first kappa shape index (κ1) is 7.31. The molecule has 0 aliphatic heterocycles. The molecule has 1 atom stereocenters. The van der Waals surface area contributed by atoms with E-state index in [9.17, 15) is 0 Å². The third kappa shape index (κ3) is 6.31. The third-order valence-electron chi connectivity index (χ3n) is 0.503. The van der Waals surface area contributed by atoms with E-state index in [1.807, 2.05) is 6.92 Å². The zero-order valence-corrected chi connectivity index (χ0v) is 5.45. The van der Waals surface area contributed by atoms with E-state index in [4.69, 9.17) is 4.74 Å². The second-order valence-electron chi connectivity index (χ2n) is 1.42. The first-order valence-electron chi connectivity index (χ1n) is 2.32. The van der Waals surface area contributed by atoms with E-state index >= 15 is 0 Å². The topological polar surface area (TPSA) is 9.23 Å². The van der Waals surface area contributed by atoms with E-state index in [0.717, 1.165) is 0 Å². The summed E-state index contributed by atoms with van der Waals surface area (Å²) in [5.41, 5.74) is 0. The van der Waals surface area contributed by atoms with Crippen LogP contribution in [0.1, 0.15) is 6.92 Å². The van der Waals surface area contributed by atoms with E-state index in [0.29, 0.717) is 18.5 Å². The highest BCUT2D eigenvalue weighted by Crippen LogP contribution is 1.90. The van der Waals surface area contributed by atoms with Crippen molar-refractivity contribution in [2.24, 2.45) is 0 Å². The molecule has 0 aromatic carbocycles. The van der Waals surface area contributed by atoms with Gasteiger partial charge in [0.15, 0.2) is 0 Å². The van der Waals surface area contributed by atoms with Crippen LogP contribution in [-0.4, -0.2) is 18.5 Å². The van der Waals surface area contributed by atoms with Crippen LogP contribution in [0.5, 0.6) is 0 Å². The molecule has 0 aliphatic carbocycles. The Morgan fingerprint density at radius 2 is 2.43 bits per heavy atom. The highest BCUT2D eigenvalue weighted by atomic mass is 32.1. The van der Waals surface area contributed by atoms with Gasteiger partial charge in [0, 0.05) is 11.9 Å². The van der Waals surface area contributed by atoms with Crippen LogP contribution in [-0.2, 0) is 4.74 Å². The quantitative estimate of drug-likeness (QED) is 0.548. The maximum absolute atomic E-state index is 4.91. The fourth-order valence-electron chi connectivity index (χ4n) is 0.254. The van der Waals surface area contributed by atoms with Gasteiger partial charge in [-0.1, -0.05) is 6.92 Å². The Morgan fingerprint density at radius 1 is 1.86 bits per heavy atom. The van der Waals surface area contributed by atoms with Crippen LogP contribution >= 0.6 is 12.6 Å². The lowest BCUT2D eigenvalue weighted by atomic mass is 10.5. The van der Waals surface area contributed by atoms with Crippen molar-refractivity contribution >= 4 is 12.6 Å². The van der Waals surface area contributed by atoms with Gasteiger partial charge in [-0.2, -0.15) is 12.6 Å². The fourth-order valence-corrected chi connectivity index (χ4v) is 0.359. The number of hydrogen-bond donors (Lipinski definition) is 1. The summed E-state index contributed by atoms with van der Waals surface area (Å²) in [6, 6.07) is 0. The molecule has 7 heavy (non-hydrogen) atoms. The number of rotatable bonds is 3. The molecule has 0 aromatic rings. The molecule has 0 saturated carbocycles. The van der Waals surface area contributed by atoms with E-state index in [2.05, 4.69) is 19.6 Å². The lowest BCUT2D eigenvalue weighted by molar-refractivity contribution is 0.165. The molecule has 0 heterocycles. The molecular formula is C5H11OS. The van der Waals surface area contributed by atoms with Gasteiger partial charge >= 0.3 is 0 Å². The second kappa shape index (κ2) is 4.47. The van der Waals surface area contributed by atoms with Crippen LogP contribution in [0.2, 0.25) is 0 Å². The molecule has 0 N–H and O–H groups in total. The Kier molecular flexibility index (Phi) is 4.67. The van der Waals surface area contributed by atoms with Crippen molar-refractivity contribution in [3.8, 4) is 0 Å². The van der Waals surface area contributed by atoms with Crippen LogP contribution in [0.25, 0.3) is 0 Å². The summed E-state index contributed by atoms with van der Waals surface area (Å²) < 4.78 is 4.91. The van der Waals surface area contributed by atoms with Gasteiger partial charge in [-0.3, -0.25) is 0 Å². The van der Waals surface area contributed by atoms with Gasteiger partial charge in [-0.25, -0.2) is 0 Å². The smallest absolute Gasteiger partial charge is 0.0579 e. The minimum Gasteiger partial charge on any atom is -0.380 e. The molecule has 1 unspecified atom stereocenters. The van der Waals surface area contributed by atoms with E-state index in [1.165, 1.54) is 0 Å². The van der Waals surface area contributed by atoms with Crippen molar-refractivity contribution in [3.63, 3.8) is 0 Å². The average Bonchev–Trinajstić information content (AvgIpc) is 1.61. The molecule has 0 aromatic heterocycles. The molecule has 0 bridgehead atoms. The summed E-state index contributed by atoms with van der Waals surface area (Å²) in [5.74, 6) is 0. The summed E-state index contributed by atoms with van der Waals surface area (Å²) in [4.78, 5) is 0. The zero-order chi connectivity index (χ0) is 5.70. The van der Waals surface area contributed by atoms with Crippen LogP contribution in [0.15, 0.2) is 0 Å². The predicted octanol–water partition coefficient (Wildman–Crippen LogP) is 1.16. The van der Waals surface area contributed by atoms with Crippen molar-refractivity contribution in [3.05, 3.63) is 6.92 Å². The Labute approximate surface area is 50.5 Å². The summed E-state index contributed by atoms with van der Waals surface area (Å²) >= 11 is 4.08. The minimum atomic E-state index is 0.335. The van der Waals surface area contributed by atoms with Crippen LogP contribution in [0.4, 0.5) is 0 Å². The summed E-state index contributed by atoms with van der Waals surface area (Å²) in [5, 5.41) is 0.335. The molecule has 2 heteroatoms. The molecule has 0 amide bonds. The van der Waals surface area contributed by atoms with Gasteiger partial charge in [0.25, 0.3) is 0 Å². The molecule has 1 radical (unpaired) electrons. The molecule has 0 fully saturated rings. The van der Waals surface area contributed by atoms with Crippen molar-refractivity contribution in [2.75, 3.05) is 13.2 Å². The van der Waals surface area contributed by atoms with Crippen molar-refractivity contribution < 1.29 is 4.74 Å². The lowest BCUT2D eigenvalue weighted by Gasteiger charge is -2.00. The molecule has 43 valence electrons. The SMILES string of the molecule is [CH2]COCC(C)S. The van der Waals surface area contributed by atoms with Crippen molar-refractivity contribution in [1.29, 1.82) is 0 Å². The molecular weight excluding hydrogens is 108 g/mol. The van der Waals surface area contributed by atoms with Gasteiger partial charge in [-0.15, -0.1) is 0 Å². The average molecular weight is 119 g/mol. The largest absolute Gasteiger partial charge is 0.380 e. The first-order valence-corrected chi connectivity index (χ1v) is 2.84. The Balaban J connectivity index is 2.68. The third-order valence-corrected chi connectivity index (χ3v) is 0.652. The van der Waals surface area contributed by atoms with Crippen molar-refractivity contribution in [2.45, 2.75) is 12.2 Å². The summed E-state index contributed by atoms with van der Waals surface area (Å²) in [6.45, 7) is 6.73.